The van der Waals surface area contributed by atoms with Gasteiger partial charge in [0.25, 0.3) is 0 Å². The summed E-state index contributed by atoms with van der Waals surface area (Å²) in [6.07, 6.45) is 0. The van der Waals surface area contributed by atoms with E-state index in [-0.39, 0.29) is 0 Å². The fraction of sp³-hybridized carbons (Fsp3) is 0. The van der Waals surface area contributed by atoms with Crippen molar-refractivity contribution in [1.82, 2.24) is 0 Å². The summed E-state index contributed by atoms with van der Waals surface area (Å²) in [7, 11) is 0. The van der Waals surface area contributed by atoms with E-state index in [1.807, 2.05) is 0 Å². The van der Waals surface area contributed by atoms with Crippen molar-refractivity contribution in [2.75, 3.05) is 0 Å². The zero-order valence-electron chi connectivity index (χ0n) is 31.9. The van der Waals surface area contributed by atoms with Crippen LogP contribution in [0.15, 0.2) is 231 Å². The van der Waals surface area contributed by atoms with Crippen LogP contribution in [0.5, 0.6) is 0 Å². The lowest BCUT2D eigenvalue weighted by Crippen LogP contribution is -1.92. The standard InChI is InChI=1S/C58H38/c1-4-16-41(17-5-1)54-35-50(46-26-24-39-14-10-12-22-44(39)32-46)37-56-55(42-18-6-2-7-19-42)36-51(38-57(54)56)47-28-30-52-49(34-47)29-31-53(58(52)43-20-8-3-9-21-43)48-27-25-40-15-11-13-23-45(40)33-48/h1-38H. The van der Waals surface area contributed by atoms with E-state index in [1.165, 1.54) is 110 Å². The van der Waals surface area contributed by atoms with Gasteiger partial charge in [-0.1, -0.05) is 188 Å². The summed E-state index contributed by atoms with van der Waals surface area (Å²) in [6.45, 7) is 0. The van der Waals surface area contributed by atoms with Crippen LogP contribution in [0.4, 0.5) is 0 Å². The molecule has 0 fully saturated rings. The van der Waals surface area contributed by atoms with Crippen LogP contribution in [0.25, 0.3) is 110 Å². The number of benzene rings is 11. The molecule has 11 rings (SSSR count). The first-order valence-electron chi connectivity index (χ1n) is 20.1. The van der Waals surface area contributed by atoms with Gasteiger partial charge in [-0.25, -0.2) is 0 Å². The van der Waals surface area contributed by atoms with Gasteiger partial charge in [0.1, 0.15) is 0 Å². The van der Waals surface area contributed by atoms with Gasteiger partial charge in [-0.3, -0.25) is 0 Å². The van der Waals surface area contributed by atoms with Crippen molar-refractivity contribution in [3.63, 3.8) is 0 Å². The molecule has 0 aliphatic carbocycles. The highest BCUT2D eigenvalue weighted by Gasteiger charge is 2.17. The maximum Gasteiger partial charge on any atom is -0.00268 e. The highest BCUT2D eigenvalue weighted by atomic mass is 14.2. The third-order valence-electron chi connectivity index (χ3n) is 11.8. The van der Waals surface area contributed by atoms with Gasteiger partial charge in [-0.15, -0.1) is 0 Å². The topological polar surface area (TPSA) is 0 Å². The lowest BCUT2D eigenvalue weighted by atomic mass is 9.85. The van der Waals surface area contributed by atoms with E-state index in [4.69, 9.17) is 0 Å². The van der Waals surface area contributed by atoms with E-state index < -0.39 is 0 Å². The van der Waals surface area contributed by atoms with E-state index in [9.17, 15) is 0 Å². The van der Waals surface area contributed by atoms with Gasteiger partial charge < -0.3 is 0 Å². The SMILES string of the molecule is c1ccc(-c2c(-c3ccc4ccccc4c3)ccc3cc(-c4cc(-c5ccccc5)c5cc(-c6ccc7ccccc7c6)cc(-c6ccccc6)c5c4)ccc23)cc1. The molecule has 0 radical (unpaired) electrons. The average molecular weight is 735 g/mol. The lowest BCUT2D eigenvalue weighted by Gasteiger charge is -2.18. The summed E-state index contributed by atoms with van der Waals surface area (Å²) in [5.41, 5.74) is 14.6. The second kappa shape index (κ2) is 14.2. The highest BCUT2D eigenvalue weighted by Crippen LogP contribution is 2.44. The molecule has 0 nitrogen and oxygen atoms in total. The molecule has 11 aromatic rings. The Bertz CT molecular complexity index is 3300. The number of fused-ring (bicyclic) bond motifs is 4. The van der Waals surface area contributed by atoms with Gasteiger partial charge in [-0.05, 0) is 152 Å². The molecule has 0 atom stereocenters. The first-order valence-corrected chi connectivity index (χ1v) is 20.1. The molecule has 0 amide bonds. The molecule has 0 heteroatoms. The molecule has 0 aliphatic rings. The molecule has 11 aromatic carbocycles. The summed E-state index contributed by atoms with van der Waals surface area (Å²) in [5, 5.41) is 9.95. The predicted molar refractivity (Wildman–Crippen MR) is 249 cm³/mol. The summed E-state index contributed by atoms with van der Waals surface area (Å²) in [6, 6.07) is 84.8. The molecule has 0 spiro atoms. The zero-order chi connectivity index (χ0) is 38.4. The number of hydrogen-bond donors (Lipinski definition) is 0. The molecule has 0 heterocycles. The van der Waals surface area contributed by atoms with Crippen LogP contribution in [-0.4, -0.2) is 0 Å². The minimum Gasteiger partial charge on any atom is -0.0622 e. The Morgan fingerprint density at radius 3 is 1.14 bits per heavy atom. The molecule has 0 aromatic heterocycles. The van der Waals surface area contributed by atoms with Crippen LogP contribution in [0.3, 0.4) is 0 Å². The third kappa shape index (κ3) is 6.04. The second-order valence-electron chi connectivity index (χ2n) is 15.3. The minimum atomic E-state index is 1.20. The maximum absolute atomic E-state index is 2.41. The number of rotatable bonds is 6. The van der Waals surface area contributed by atoms with Crippen molar-refractivity contribution in [1.29, 1.82) is 0 Å². The van der Waals surface area contributed by atoms with E-state index in [2.05, 4.69) is 231 Å². The molecular formula is C58H38. The van der Waals surface area contributed by atoms with Crippen molar-refractivity contribution in [3.8, 4) is 66.8 Å². The quantitative estimate of drug-likeness (QED) is 0.160. The number of hydrogen-bond acceptors (Lipinski definition) is 0. The molecule has 0 saturated carbocycles. The molecule has 0 unspecified atom stereocenters. The van der Waals surface area contributed by atoms with Crippen molar-refractivity contribution in [3.05, 3.63) is 231 Å². The zero-order valence-corrected chi connectivity index (χ0v) is 31.9. The van der Waals surface area contributed by atoms with Crippen LogP contribution in [0.1, 0.15) is 0 Å². The molecule has 270 valence electrons. The average Bonchev–Trinajstić information content (AvgIpc) is 3.30. The van der Waals surface area contributed by atoms with Gasteiger partial charge >= 0.3 is 0 Å². The monoisotopic (exact) mass is 734 g/mol. The van der Waals surface area contributed by atoms with Crippen LogP contribution >= 0.6 is 0 Å². The Morgan fingerprint density at radius 1 is 0.172 bits per heavy atom. The Balaban J connectivity index is 1.13. The molecule has 0 bridgehead atoms. The molecule has 0 N–H and O–H groups in total. The van der Waals surface area contributed by atoms with Gasteiger partial charge in [-0.2, -0.15) is 0 Å². The van der Waals surface area contributed by atoms with Crippen molar-refractivity contribution >= 4 is 43.1 Å². The maximum atomic E-state index is 2.41. The smallest absolute Gasteiger partial charge is 0.00268 e. The van der Waals surface area contributed by atoms with Crippen LogP contribution in [0.2, 0.25) is 0 Å². The fourth-order valence-corrected chi connectivity index (χ4v) is 8.90. The van der Waals surface area contributed by atoms with Crippen LogP contribution in [-0.2, 0) is 0 Å². The summed E-state index contributed by atoms with van der Waals surface area (Å²) < 4.78 is 0. The molecule has 58 heavy (non-hydrogen) atoms. The largest absolute Gasteiger partial charge is 0.0622 e. The third-order valence-corrected chi connectivity index (χ3v) is 11.8. The first kappa shape index (κ1) is 33.8. The van der Waals surface area contributed by atoms with E-state index in [1.54, 1.807) is 0 Å². The molecule has 0 aliphatic heterocycles. The Labute approximate surface area is 339 Å². The molecule has 0 saturated heterocycles. The van der Waals surface area contributed by atoms with Crippen molar-refractivity contribution < 1.29 is 0 Å². The van der Waals surface area contributed by atoms with E-state index in [0.29, 0.717) is 0 Å². The van der Waals surface area contributed by atoms with E-state index >= 15 is 0 Å². The van der Waals surface area contributed by atoms with Gasteiger partial charge in [0, 0.05) is 0 Å². The fourth-order valence-electron chi connectivity index (χ4n) is 8.90. The van der Waals surface area contributed by atoms with Crippen molar-refractivity contribution in [2.45, 2.75) is 0 Å². The van der Waals surface area contributed by atoms with Gasteiger partial charge in [0.15, 0.2) is 0 Å². The highest BCUT2D eigenvalue weighted by molar-refractivity contribution is 6.11. The predicted octanol–water partition coefficient (Wildman–Crippen LogP) is 16.3. The van der Waals surface area contributed by atoms with Gasteiger partial charge in [0.05, 0.1) is 0 Å². The summed E-state index contributed by atoms with van der Waals surface area (Å²) in [4.78, 5) is 0. The minimum absolute atomic E-state index is 1.20. The summed E-state index contributed by atoms with van der Waals surface area (Å²) >= 11 is 0. The van der Waals surface area contributed by atoms with E-state index in [0.717, 1.165) is 0 Å². The Hall–Kier alpha value is -7.54. The Morgan fingerprint density at radius 2 is 0.586 bits per heavy atom. The van der Waals surface area contributed by atoms with Crippen LogP contribution in [0, 0.1) is 0 Å². The summed E-state index contributed by atoms with van der Waals surface area (Å²) in [5.74, 6) is 0. The Kier molecular flexibility index (Phi) is 8.26. The van der Waals surface area contributed by atoms with Crippen molar-refractivity contribution in [2.24, 2.45) is 0 Å². The molecular weight excluding hydrogens is 697 g/mol. The lowest BCUT2D eigenvalue weighted by molar-refractivity contribution is 1.60. The first-order chi connectivity index (χ1) is 28.7. The van der Waals surface area contributed by atoms with Crippen LogP contribution < -0.4 is 0 Å². The normalized spacial score (nSPS) is 11.4. The van der Waals surface area contributed by atoms with Gasteiger partial charge in [0.2, 0.25) is 0 Å². The second-order valence-corrected chi connectivity index (χ2v) is 15.3.